The predicted octanol–water partition coefficient (Wildman–Crippen LogP) is 3.92. The Hall–Kier alpha value is -4.40. The second-order valence-corrected chi connectivity index (χ2v) is 6.64. The van der Waals surface area contributed by atoms with Crippen LogP contribution in [-0.4, -0.2) is 23.7 Å². The van der Waals surface area contributed by atoms with Crippen LogP contribution in [0.25, 0.3) is 0 Å². The number of para-hydroxylation sites is 1. The van der Waals surface area contributed by atoms with E-state index in [2.05, 4.69) is 10.5 Å². The quantitative estimate of drug-likeness (QED) is 0.227. The van der Waals surface area contributed by atoms with Crippen molar-refractivity contribution < 1.29 is 19.2 Å². The van der Waals surface area contributed by atoms with Crippen LogP contribution in [0.15, 0.2) is 71.8 Å². The highest BCUT2D eigenvalue weighted by Crippen LogP contribution is 2.29. The Balaban J connectivity index is 1.65. The van der Waals surface area contributed by atoms with Crippen LogP contribution in [0, 0.1) is 10.1 Å². The number of non-ortho nitro benzene ring substituents is 1. The third-order valence-corrected chi connectivity index (χ3v) is 4.39. The van der Waals surface area contributed by atoms with E-state index in [0.717, 1.165) is 5.56 Å². The van der Waals surface area contributed by atoms with Crippen molar-refractivity contribution in [3.05, 3.63) is 93.5 Å². The zero-order chi connectivity index (χ0) is 22.9. The van der Waals surface area contributed by atoms with Crippen molar-refractivity contribution in [2.24, 2.45) is 5.10 Å². The van der Waals surface area contributed by atoms with E-state index in [1.54, 1.807) is 54.6 Å². The number of nitrogens with one attached hydrogen (secondary N) is 1. The molecule has 1 amide bonds. The van der Waals surface area contributed by atoms with Gasteiger partial charge < -0.3 is 15.2 Å². The van der Waals surface area contributed by atoms with E-state index < -0.39 is 10.8 Å². The van der Waals surface area contributed by atoms with Gasteiger partial charge in [-0.3, -0.25) is 14.9 Å². The molecule has 0 unspecified atom stereocenters. The van der Waals surface area contributed by atoms with Gasteiger partial charge >= 0.3 is 0 Å². The van der Waals surface area contributed by atoms with Crippen LogP contribution in [0.2, 0.25) is 0 Å². The molecule has 0 atom stereocenters. The summed E-state index contributed by atoms with van der Waals surface area (Å²) >= 11 is 0. The Kier molecular flexibility index (Phi) is 7.37. The van der Waals surface area contributed by atoms with E-state index >= 15 is 0 Å². The first-order chi connectivity index (χ1) is 15.5. The normalized spacial score (nSPS) is 10.7. The van der Waals surface area contributed by atoms with E-state index in [9.17, 15) is 14.9 Å². The minimum Gasteiger partial charge on any atom is -0.490 e. The fourth-order valence-electron chi connectivity index (χ4n) is 2.80. The molecule has 0 saturated heterocycles. The number of nitrogen functional groups attached to an aromatic ring is 1. The van der Waals surface area contributed by atoms with Crippen molar-refractivity contribution in [1.29, 1.82) is 0 Å². The lowest BCUT2D eigenvalue weighted by atomic mass is 10.2. The molecule has 3 aromatic carbocycles. The smallest absolute Gasteiger partial charge is 0.273 e. The number of ether oxygens (including phenoxy) is 2. The van der Waals surface area contributed by atoms with Gasteiger partial charge in [-0.25, -0.2) is 5.43 Å². The van der Waals surface area contributed by atoms with Gasteiger partial charge in [0, 0.05) is 17.8 Å². The number of nitro benzene ring substituents is 1. The van der Waals surface area contributed by atoms with Crippen LogP contribution in [0.5, 0.6) is 11.5 Å². The minimum atomic E-state index is -0.449. The van der Waals surface area contributed by atoms with Gasteiger partial charge in [0.25, 0.3) is 11.6 Å². The van der Waals surface area contributed by atoms with Crippen LogP contribution in [-0.2, 0) is 6.61 Å². The number of hydrogen-bond donors (Lipinski definition) is 2. The first-order valence-electron chi connectivity index (χ1n) is 9.79. The van der Waals surface area contributed by atoms with Crippen LogP contribution < -0.4 is 20.6 Å². The number of carbonyl (C=O) groups is 1. The topological polar surface area (TPSA) is 129 Å². The van der Waals surface area contributed by atoms with Gasteiger partial charge in [-0.15, -0.1) is 0 Å². The molecule has 32 heavy (non-hydrogen) atoms. The van der Waals surface area contributed by atoms with Crippen molar-refractivity contribution in [3.63, 3.8) is 0 Å². The fraction of sp³-hybridized carbons (Fsp3) is 0.130. The Morgan fingerprint density at radius 1 is 1.09 bits per heavy atom. The number of hydrazone groups is 1. The lowest BCUT2D eigenvalue weighted by Gasteiger charge is -2.12. The lowest BCUT2D eigenvalue weighted by molar-refractivity contribution is -0.384. The summed E-state index contributed by atoms with van der Waals surface area (Å²) in [5.74, 6) is 0.618. The molecule has 0 aliphatic heterocycles. The number of anilines is 1. The van der Waals surface area contributed by atoms with Crippen LogP contribution >= 0.6 is 0 Å². The third-order valence-electron chi connectivity index (χ3n) is 4.39. The SMILES string of the molecule is CCOc1cc(/C=N/NC(=O)c2ccccc2N)ccc1OCc1ccc([N+](=O)[O-])cc1. The van der Waals surface area contributed by atoms with E-state index in [1.165, 1.54) is 18.3 Å². The molecule has 9 nitrogen and oxygen atoms in total. The Morgan fingerprint density at radius 2 is 1.84 bits per heavy atom. The summed E-state index contributed by atoms with van der Waals surface area (Å²) in [4.78, 5) is 22.5. The molecule has 0 heterocycles. The number of nitrogens with zero attached hydrogens (tertiary/aromatic N) is 2. The largest absolute Gasteiger partial charge is 0.490 e. The molecule has 0 saturated carbocycles. The van der Waals surface area contributed by atoms with Crippen molar-refractivity contribution >= 4 is 23.5 Å². The highest BCUT2D eigenvalue weighted by molar-refractivity contribution is 5.99. The Morgan fingerprint density at radius 3 is 2.53 bits per heavy atom. The van der Waals surface area contributed by atoms with Crippen molar-refractivity contribution in [1.82, 2.24) is 5.43 Å². The first kappa shape index (κ1) is 22.3. The average molecular weight is 434 g/mol. The number of nitro groups is 1. The van der Waals surface area contributed by atoms with Gasteiger partial charge in [-0.2, -0.15) is 5.10 Å². The summed E-state index contributed by atoms with van der Waals surface area (Å²) in [5, 5.41) is 14.7. The van der Waals surface area contributed by atoms with E-state index in [1.807, 2.05) is 6.92 Å². The van der Waals surface area contributed by atoms with Gasteiger partial charge in [0.15, 0.2) is 11.5 Å². The zero-order valence-corrected chi connectivity index (χ0v) is 17.4. The standard InChI is InChI=1S/C23H22N4O5/c1-2-31-22-13-17(14-25-26-23(28)19-5-3-4-6-20(19)24)9-12-21(22)32-15-16-7-10-18(11-8-16)27(29)30/h3-14H,2,15,24H2,1H3,(H,26,28)/b25-14+. The van der Waals surface area contributed by atoms with Crippen molar-refractivity contribution in [2.45, 2.75) is 13.5 Å². The van der Waals surface area contributed by atoms with Crippen LogP contribution in [0.1, 0.15) is 28.4 Å². The van der Waals surface area contributed by atoms with Crippen LogP contribution in [0.3, 0.4) is 0 Å². The molecule has 164 valence electrons. The average Bonchev–Trinajstić information content (AvgIpc) is 2.79. The second kappa shape index (κ2) is 10.6. The molecule has 0 aliphatic carbocycles. The number of amides is 1. The maximum Gasteiger partial charge on any atom is 0.273 e. The van der Waals surface area contributed by atoms with Crippen molar-refractivity contribution in [2.75, 3.05) is 12.3 Å². The summed E-state index contributed by atoms with van der Waals surface area (Å²) < 4.78 is 11.5. The number of rotatable bonds is 9. The molecule has 0 spiro atoms. The first-order valence-corrected chi connectivity index (χ1v) is 9.79. The Bertz CT molecular complexity index is 1130. The maximum absolute atomic E-state index is 12.2. The number of carbonyl (C=O) groups excluding carboxylic acids is 1. The lowest BCUT2D eigenvalue weighted by Crippen LogP contribution is -2.19. The summed E-state index contributed by atoms with van der Waals surface area (Å²) in [6.45, 7) is 2.50. The third kappa shape index (κ3) is 5.82. The minimum absolute atomic E-state index is 0.0226. The number of hydrogen-bond acceptors (Lipinski definition) is 7. The molecule has 0 aliphatic rings. The van der Waals surface area contributed by atoms with E-state index in [-0.39, 0.29) is 12.3 Å². The van der Waals surface area contributed by atoms with Gasteiger partial charge in [0.05, 0.1) is 23.3 Å². The maximum atomic E-state index is 12.2. The van der Waals surface area contributed by atoms with Gasteiger partial charge in [0.2, 0.25) is 0 Å². The summed E-state index contributed by atoms with van der Waals surface area (Å²) in [5.41, 5.74) is 10.4. The predicted molar refractivity (Wildman–Crippen MR) is 121 cm³/mol. The molecule has 9 heteroatoms. The molecular formula is C23H22N4O5. The highest BCUT2D eigenvalue weighted by atomic mass is 16.6. The summed E-state index contributed by atoms with van der Waals surface area (Å²) in [6, 6.07) is 18.1. The van der Waals surface area contributed by atoms with Crippen LogP contribution in [0.4, 0.5) is 11.4 Å². The molecule has 0 bridgehead atoms. The fourth-order valence-corrected chi connectivity index (χ4v) is 2.80. The number of nitrogens with two attached hydrogens (primary N) is 1. The molecule has 0 aromatic heterocycles. The Labute approximate surface area is 184 Å². The molecular weight excluding hydrogens is 412 g/mol. The highest BCUT2D eigenvalue weighted by Gasteiger charge is 2.09. The second-order valence-electron chi connectivity index (χ2n) is 6.64. The zero-order valence-electron chi connectivity index (χ0n) is 17.4. The monoisotopic (exact) mass is 434 g/mol. The van der Waals surface area contributed by atoms with E-state index in [0.29, 0.717) is 34.9 Å². The molecule has 3 aromatic rings. The number of benzene rings is 3. The molecule has 0 radical (unpaired) electrons. The molecule has 3 rings (SSSR count). The van der Waals surface area contributed by atoms with Gasteiger partial charge in [-0.05, 0) is 60.5 Å². The molecule has 0 fully saturated rings. The summed E-state index contributed by atoms with van der Waals surface area (Å²) in [7, 11) is 0. The van der Waals surface area contributed by atoms with E-state index in [4.69, 9.17) is 15.2 Å². The molecule has 3 N–H and O–H groups in total. The van der Waals surface area contributed by atoms with Crippen molar-refractivity contribution in [3.8, 4) is 11.5 Å². The van der Waals surface area contributed by atoms with Gasteiger partial charge in [0.1, 0.15) is 6.61 Å². The van der Waals surface area contributed by atoms with Gasteiger partial charge in [-0.1, -0.05) is 12.1 Å². The summed E-state index contributed by atoms with van der Waals surface area (Å²) in [6.07, 6.45) is 1.49.